The molecule has 2 rings (SSSR count). The number of amides is 1. The van der Waals surface area contributed by atoms with Gasteiger partial charge >= 0.3 is 6.18 Å². The summed E-state index contributed by atoms with van der Waals surface area (Å²) in [6.07, 6.45) is -3.65. The number of nitrogens with one attached hydrogen (secondary N) is 2. The normalized spacial score (nSPS) is 22.9. The molecule has 1 amide bonds. The van der Waals surface area contributed by atoms with Gasteiger partial charge in [-0.3, -0.25) is 4.79 Å². The number of alkyl halides is 3. The van der Waals surface area contributed by atoms with Gasteiger partial charge in [-0.15, -0.1) is 0 Å². The van der Waals surface area contributed by atoms with E-state index < -0.39 is 24.0 Å². The minimum absolute atomic E-state index is 0.0475. The van der Waals surface area contributed by atoms with Crippen LogP contribution in [0.15, 0.2) is 15.4 Å². The van der Waals surface area contributed by atoms with E-state index in [-0.39, 0.29) is 23.4 Å². The molecule has 5 nitrogen and oxygen atoms in total. The van der Waals surface area contributed by atoms with Gasteiger partial charge in [-0.05, 0) is 44.8 Å². The number of halogens is 5. The van der Waals surface area contributed by atoms with E-state index in [1.165, 1.54) is 6.20 Å². The molecule has 110 valence electrons. The molecule has 20 heavy (non-hydrogen) atoms. The van der Waals surface area contributed by atoms with Crippen molar-refractivity contribution in [2.24, 2.45) is 5.41 Å². The van der Waals surface area contributed by atoms with E-state index in [0.29, 0.717) is 4.60 Å². The Bertz CT molecular complexity index is 532. The number of carbonyl (C=O) groups is 1. The Balaban J connectivity index is 2.26. The van der Waals surface area contributed by atoms with Crippen molar-refractivity contribution in [1.29, 1.82) is 0 Å². The number of hydrogen-bond acceptors (Lipinski definition) is 4. The Hall–Kier alpha value is -0.740. The van der Waals surface area contributed by atoms with Crippen LogP contribution in [0.25, 0.3) is 0 Å². The topological polar surface area (TPSA) is 66.9 Å². The van der Waals surface area contributed by atoms with Crippen LogP contribution in [0.3, 0.4) is 0 Å². The highest BCUT2D eigenvalue weighted by molar-refractivity contribution is 9.11. The first-order chi connectivity index (χ1) is 9.26. The molecule has 0 bridgehead atoms. The van der Waals surface area contributed by atoms with Gasteiger partial charge < -0.3 is 10.6 Å². The third kappa shape index (κ3) is 2.82. The van der Waals surface area contributed by atoms with E-state index in [0.717, 1.165) is 0 Å². The highest BCUT2D eigenvalue weighted by Crippen LogP contribution is 2.43. The Labute approximate surface area is 129 Å². The second-order valence-corrected chi connectivity index (χ2v) is 5.86. The lowest BCUT2D eigenvalue weighted by atomic mass is 9.85. The van der Waals surface area contributed by atoms with Crippen molar-refractivity contribution in [2.75, 3.05) is 18.4 Å². The molecule has 1 unspecified atom stereocenters. The molecular weight excluding hydrogens is 409 g/mol. The van der Waals surface area contributed by atoms with Crippen LogP contribution in [0, 0.1) is 5.41 Å². The van der Waals surface area contributed by atoms with E-state index in [1.54, 1.807) is 0 Å². The van der Waals surface area contributed by atoms with Crippen LogP contribution < -0.4 is 10.6 Å². The van der Waals surface area contributed by atoms with E-state index in [2.05, 4.69) is 52.5 Å². The summed E-state index contributed by atoms with van der Waals surface area (Å²) < 4.78 is 40.1. The fourth-order valence-corrected chi connectivity index (χ4v) is 2.82. The van der Waals surface area contributed by atoms with Crippen LogP contribution in [0.4, 0.5) is 19.0 Å². The Morgan fingerprint density at radius 1 is 1.45 bits per heavy atom. The minimum atomic E-state index is -4.63. The van der Waals surface area contributed by atoms with Gasteiger partial charge in [0.2, 0.25) is 5.91 Å². The molecule has 1 aromatic rings. The van der Waals surface area contributed by atoms with E-state index in [4.69, 9.17) is 0 Å². The van der Waals surface area contributed by atoms with Crippen LogP contribution >= 0.6 is 31.9 Å². The molecular formula is C10H9Br2F3N4O. The van der Waals surface area contributed by atoms with Crippen molar-refractivity contribution in [3.63, 3.8) is 0 Å². The van der Waals surface area contributed by atoms with Crippen molar-refractivity contribution in [1.82, 2.24) is 15.3 Å². The first-order valence-corrected chi connectivity index (χ1v) is 7.12. The van der Waals surface area contributed by atoms with Crippen molar-refractivity contribution >= 4 is 43.6 Å². The maximum atomic E-state index is 13.2. The molecule has 1 atom stereocenters. The average molecular weight is 418 g/mol. The Kier molecular flexibility index (Phi) is 4.35. The van der Waals surface area contributed by atoms with Crippen LogP contribution in [0.1, 0.15) is 6.42 Å². The van der Waals surface area contributed by atoms with E-state index >= 15 is 0 Å². The lowest BCUT2D eigenvalue weighted by molar-refractivity contribution is -0.213. The standard InChI is InChI=1S/C10H9Br2F3N4O/c11-5-3-17-7(6(12)18-5)19-8(20)9(10(13,14)15)1-2-16-4-9/h3,16H,1-2,4H2,(H,17,19,20). The summed E-state index contributed by atoms with van der Waals surface area (Å²) in [6, 6.07) is 0. The molecule has 10 heteroatoms. The van der Waals surface area contributed by atoms with Gasteiger partial charge in [-0.25, -0.2) is 9.97 Å². The number of rotatable bonds is 2. The molecule has 0 aromatic carbocycles. The number of anilines is 1. The molecule has 1 saturated heterocycles. The molecule has 0 aliphatic carbocycles. The van der Waals surface area contributed by atoms with Crippen molar-refractivity contribution < 1.29 is 18.0 Å². The molecule has 1 aromatic heterocycles. The van der Waals surface area contributed by atoms with Gasteiger partial charge in [0.1, 0.15) is 9.21 Å². The maximum Gasteiger partial charge on any atom is 0.404 e. The molecule has 0 radical (unpaired) electrons. The second-order valence-electron chi connectivity index (χ2n) is 4.29. The quantitative estimate of drug-likeness (QED) is 0.775. The van der Waals surface area contributed by atoms with E-state index in [9.17, 15) is 18.0 Å². The average Bonchev–Trinajstić information content (AvgIpc) is 2.82. The maximum absolute atomic E-state index is 13.2. The lowest BCUT2D eigenvalue weighted by Crippen LogP contribution is -2.49. The van der Waals surface area contributed by atoms with Crippen LogP contribution in [-0.2, 0) is 4.79 Å². The molecule has 1 aliphatic heterocycles. The van der Waals surface area contributed by atoms with Gasteiger partial charge in [0.05, 0.1) is 6.20 Å². The Morgan fingerprint density at radius 3 is 2.65 bits per heavy atom. The van der Waals surface area contributed by atoms with Crippen LogP contribution in [-0.4, -0.2) is 35.1 Å². The fourth-order valence-electron chi connectivity index (χ4n) is 1.91. The zero-order valence-electron chi connectivity index (χ0n) is 9.89. The lowest BCUT2D eigenvalue weighted by Gasteiger charge is -2.29. The highest BCUT2D eigenvalue weighted by Gasteiger charge is 2.61. The molecule has 0 spiro atoms. The zero-order valence-corrected chi connectivity index (χ0v) is 13.1. The summed E-state index contributed by atoms with van der Waals surface area (Å²) in [4.78, 5) is 19.8. The molecule has 0 saturated carbocycles. The predicted molar refractivity (Wildman–Crippen MR) is 72.0 cm³/mol. The summed E-state index contributed by atoms with van der Waals surface area (Å²) in [5.41, 5.74) is -2.43. The van der Waals surface area contributed by atoms with Crippen molar-refractivity contribution in [3.05, 3.63) is 15.4 Å². The number of nitrogens with zero attached hydrogens (tertiary/aromatic N) is 2. The zero-order chi connectivity index (χ0) is 15.0. The third-order valence-corrected chi connectivity index (χ3v) is 4.00. The van der Waals surface area contributed by atoms with Gasteiger partial charge in [0.25, 0.3) is 0 Å². The number of aromatic nitrogens is 2. The highest BCUT2D eigenvalue weighted by atomic mass is 79.9. The van der Waals surface area contributed by atoms with Crippen LogP contribution in [0.2, 0.25) is 0 Å². The fraction of sp³-hybridized carbons (Fsp3) is 0.500. The minimum Gasteiger partial charge on any atom is -0.315 e. The van der Waals surface area contributed by atoms with Crippen molar-refractivity contribution in [3.8, 4) is 0 Å². The summed E-state index contributed by atoms with van der Waals surface area (Å²) in [5, 5.41) is 4.76. The van der Waals surface area contributed by atoms with Gasteiger partial charge in [0, 0.05) is 6.54 Å². The SMILES string of the molecule is O=C(Nc1ncc(Br)nc1Br)C1(C(F)(F)F)CCNC1. The van der Waals surface area contributed by atoms with Crippen LogP contribution in [0.5, 0.6) is 0 Å². The molecule has 2 heterocycles. The predicted octanol–water partition coefficient (Wildman–Crippen LogP) is 2.48. The molecule has 1 aliphatic rings. The largest absolute Gasteiger partial charge is 0.404 e. The monoisotopic (exact) mass is 416 g/mol. The van der Waals surface area contributed by atoms with Gasteiger partial charge in [-0.2, -0.15) is 13.2 Å². The summed E-state index contributed by atoms with van der Waals surface area (Å²) in [7, 11) is 0. The number of hydrogen-bond donors (Lipinski definition) is 2. The first-order valence-electron chi connectivity index (χ1n) is 5.53. The smallest absolute Gasteiger partial charge is 0.315 e. The Morgan fingerprint density at radius 2 is 2.15 bits per heavy atom. The molecule has 2 N–H and O–H groups in total. The molecule has 1 fully saturated rings. The number of carbonyl (C=O) groups excluding carboxylic acids is 1. The summed E-state index contributed by atoms with van der Waals surface area (Å²) in [5.74, 6) is -1.18. The summed E-state index contributed by atoms with van der Waals surface area (Å²) in [6.45, 7) is -0.302. The second kappa shape index (κ2) is 5.57. The third-order valence-electron chi connectivity index (χ3n) is 3.07. The van der Waals surface area contributed by atoms with Gasteiger partial charge in [-0.1, -0.05) is 0 Å². The van der Waals surface area contributed by atoms with E-state index in [1.807, 2.05) is 0 Å². The van der Waals surface area contributed by atoms with Gasteiger partial charge in [0.15, 0.2) is 11.2 Å². The first kappa shape index (κ1) is 15.6. The van der Waals surface area contributed by atoms with Crippen molar-refractivity contribution in [2.45, 2.75) is 12.6 Å². The summed E-state index contributed by atoms with van der Waals surface area (Å²) >= 11 is 6.10.